The molecule has 26 heavy (non-hydrogen) atoms. The first-order valence-electron chi connectivity index (χ1n) is 8.89. The molecule has 1 aliphatic carbocycles. The third-order valence-corrected chi connectivity index (χ3v) is 5.09. The summed E-state index contributed by atoms with van der Waals surface area (Å²) in [6.07, 6.45) is 2.81. The quantitative estimate of drug-likeness (QED) is 0.357. The smallest absolute Gasteiger partial charge is 0.334 e. The molecule has 6 heteroatoms. The highest BCUT2D eigenvalue weighted by atomic mass is 16.6. The molecule has 1 aliphatic heterocycles. The van der Waals surface area contributed by atoms with Crippen LogP contribution in [0.1, 0.15) is 40.0 Å². The second-order valence-electron chi connectivity index (χ2n) is 6.97. The maximum atomic E-state index is 12.3. The number of aliphatic hydroxyl groups is 1. The summed E-state index contributed by atoms with van der Waals surface area (Å²) >= 11 is 0. The number of hydrogen-bond donors (Lipinski definition) is 1. The Morgan fingerprint density at radius 1 is 1.54 bits per heavy atom. The molecule has 0 aromatic heterocycles. The number of hydrogen-bond acceptors (Lipinski definition) is 6. The van der Waals surface area contributed by atoms with E-state index in [0.717, 1.165) is 0 Å². The fourth-order valence-corrected chi connectivity index (χ4v) is 3.09. The summed E-state index contributed by atoms with van der Waals surface area (Å²) < 4.78 is 11.0. The average molecular weight is 362 g/mol. The first kappa shape index (κ1) is 20.1. The van der Waals surface area contributed by atoms with E-state index in [-0.39, 0.29) is 30.3 Å². The Morgan fingerprint density at radius 2 is 2.23 bits per heavy atom. The van der Waals surface area contributed by atoms with Crippen molar-refractivity contribution in [2.75, 3.05) is 0 Å². The summed E-state index contributed by atoms with van der Waals surface area (Å²) in [5.41, 5.74) is 1.24. The lowest BCUT2D eigenvalue weighted by Crippen LogP contribution is -2.35. The largest absolute Gasteiger partial charge is 0.461 e. The summed E-state index contributed by atoms with van der Waals surface area (Å²) in [5, 5.41) is 10.2. The number of ether oxygens (including phenoxy) is 2. The molecule has 1 N–H and O–H groups in total. The van der Waals surface area contributed by atoms with Gasteiger partial charge in [0.25, 0.3) is 0 Å². The van der Waals surface area contributed by atoms with Crippen molar-refractivity contribution in [3.8, 4) is 0 Å². The standard InChI is InChI=1S/C20H26O6/c1-5-11(2)19(23)25-17-9-14(10-21)6-7-15(22)12(3)8-16-18(17)13(4)20(24)26-16/h6,8,10-11,15-18,22H,4-5,7,9H2,1-3H3/b12-8-,14-6+/t11?,15-,16+,17+,18-/m0/s1. The molecule has 5 atom stereocenters. The van der Waals surface area contributed by atoms with Crippen LogP contribution in [0.15, 0.2) is 35.5 Å². The van der Waals surface area contributed by atoms with Gasteiger partial charge in [-0.2, -0.15) is 0 Å². The van der Waals surface area contributed by atoms with E-state index in [1.807, 2.05) is 6.92 Å². The zero-order chi connectivity index (χ0) is 19.4. The Balaban J connectivity index is 2.43. The summed E-state index contributed by atoms with van der Waals surface area (Å²) in [4.78, 5) is 35.8. The van der Waals surface area contributed by atoms with Gasteiger partial charge >= 0.3 is 11.9 Å². The van der Waals surface area contributed by atoms with Gasteiger partial charge in [0, 0.05) is 12.0 Å². The maximum absolute atomic E-state index is 12.3. The lowest BCUT2D eigenvalue weighted by Gasteiger charge is -2.28. The van der Waals surface area contributed by atoms with E-state index in [4.69, 9.17) is 9.47 Å². The lowest BCUT2D eigenvalue weighted by atomic mass is 9.85. The Bertz CT molecular complexity index is 659. The molecule has 0 saturated carbocycles. The van der Waals surface area contributed by atoms with Gasteiger partial charge in [0.15, 0.2) is 0 Å². The van der Waals surface area contributed by atoms with E-state index in [0.29, 0.717) is 23.9 Å². The van der Waals surface area contributed by atoms with Crippen LogP contribution in [0.4, 0.5) is 0 Å². The molecule has 6 nitrogen and oxygen atoms in total. The van der Waals surface area contributed by atoms with E-state index in [9.17, 15) is 19.5 Å². The topological polar surface area (TPSA) is 89.9 Å². The molecule has 1 fully saturated rings. The molecule has 0 aromatic rings. The Morgan fingerprint density at radius 3 is 2.85 bits per heavy atom. The van der Waals surface area contributed by atoms with Crippen molar-refractivity contribution in [2.45, 2.75) is 58.3 Å². The third-order valence-electron chi connectivity index (χ3n) is 5.09. The van der Waals surface area contributed by atoms with Crippen LogP contribution in [-0.4, -0.2) is 41.6 Å². The zero-order valence-electron chi connectivity index (χ0n) is 15.4. The van der Waals surface area contributed by atoms with E-state index < -0.39 is 30.2 Å². The van der Waals surface area contributed by atoms with Gasteiger partial charge in [-0.25, -0.2) is 4.79 Å². The summed E-state index contributed by atoms with van der Waals surface area (Å²) in [6, 6.07) is 0. The number of carbonyl (C=O) groups is 3. The van der Waals surface area contributed by atoms with Crippen molar-refractivity contribution in [3.05, 3.63) is 35.5 Å². The van der Waals surface area contributed by atoms with Crippen molar-refractivity contribution in [3.63, 3.8) is 0 Å². The molecule has 2 aliphatic rings. The minimum Gasteiger partial charge on any atom is -0.461 e. The Kier molecular flexibility index (Phi) is 6.53. The lowest BCUT2D eigenvalue weighted by molar-refractivity contribution is -0.156. The van der Waals surface area contributed by atoms with Crippen LogP contribution in [0.3, 0.4) is 0 Å². The highest BCUT2D eigenvalue weighted by molar-refractivity contribution is 5.91. The number of aldehydes is 1. The monoisotopic (exact) mass is 362 g/mol. The van der Waals surface area contributed by atoms with Crippen LogP contribution >= 0.6 is 0 Å². The van der Waals surface area contributed by atoms with Crippen molar-refractivity contribution in [2.24, 2.45) is 11.8 Å². The number of esters is 2. The predicted octanol–water partition coefficient (Wildman–Crippen LogP) is 2.27. The van der Waals surface area contributed by atoms with Gasteiger partial charge in [0.05, 0.1) is 17.9 Å². The Labute approximate surface area is 153 Å². The molecule has 0 radical (unpaired) electrons. The summed E-state index contributed by atoms with van der Waals surface area (Å²) in [5.74, 6) is -1.83. The minimum absolute atomic E-state index is 0.141. The van der Waals surface area contributed by atoms with E-state index in [1.165, 1.54) is 0 Å². The number of fused-ring (bicyclic) bond motifs is 1. The fraction of sp³-hybridized carbons (Fsp3) is 0.550. The number of rotatable bonds is 4. The van der Waals surface area contributed by atoms with Crippen LogP contribution in [0.2, 0.25) is 0 Å². The first-order valence-corrected chi connectivity index (χ1v) is 8.89. The number of carbonyl (C=O) groups excluding carboxylic acids is 3. The molecule has 1 saturated heterocycles. The molecule has 1 unspecified atom stereocenters. The summed E-state index contributed by atoms with van der Waals surface area (Å²) in [6.45, 7) is 9.18. The van der Waals surface area contributed by atoms with Crippen LogP contribution in [0, 0.1) is 11.8 Å². The summed E-state index contributed by atoms with van der Waals surface area (Å²) in [7, 11) is 0. The van der Waals surface area contributed by atoms with Crippen molar-refractivity contribution >= 4 is 18.2 Å². The van der Waals surface area contributed by atoms with Gasteiger partial charge in [-0.15, -0.1) is 0 Å². The van der Waals surface area contributed by atoms with Gasteiger partial charge < -0.3 is 14.6 Å². The highest BCUT2D eigenvalue weighted by Crippen LogP contribution is 2.36. The van der Waals surface area contributed by atoms with Gasteiger partial charge in [-0.1, -0.05) is 26.5 Å². The molecule has 142 valence electrons. The van der Waals surface area contributed by atoms with Gasteiger partial charge in [0.1, 0.15) is 18.5 Å². The second-order valence-corrected chi connectivity index (χ2v) is 6.97. The molecular weight excluding hydrogens is 336 g/mol. The second kappa shape index (κ2) is 8.45. The number of aliphatic hydroxyl groups excluding tert-OH is 1. The average Bonchev–Trinajstić information content (AvgIpc) is 2.89. The van der Waals surface area contributed by atoms with Gasteiger partial charge in [-0.3, -0.25) is 9.59 Å². The van der Waals surface area contributed by atoms with E-state index in [1.54, 1.807) is 26.0 Å². The maximum Gasteiger partial charge on any atom is 0.334 e. The van der Waals surface area contributed by atoms with E-state index >= 15 is 0 Å². The molecule has 0 amide bonds. The SMILES string of the molecule is C=C1C(=O)O[C@@H]2/C=C(/C)[C@@H](O)C/C=C(/C=O)C[C@@H](OC(=O)C(C)CC)[C@@H]12. The molecular formula is C20H26O6. The van der Waals surface area contributed by atoms with Crippen molar-refractivity contribution in [1.29, 1.82) is 0 Å². The fourth-order valence-electron chi connectivity index (χ4n) is 3.09. The molecule has 1 heterocycles. The molecule has 0 aromatic carbocycles. The minimum atomic E-state index is -0.780. The molecule has 0 spiro atoms. The Hall–Kier alpha value is -2.21. The van der Waals surface area contributed by atoms with Gasteiger partial charge in [-0.05, 0) is 37.0 Å². The van der Waals surface area contributed by atoms with E-state index in [2.05, 4.69) is 6.58 Å². The third kappa shape index (κ3) is 4.30. The van der Waals surface area contributed by atoms with Crippen LogP contribution in [0.5, 0.6) is 0 Å². The van der Waals surface area contributed by atoms with Crippen molar-refractivity contribution in [1.82, 2.24) is 0 Å². The van der Waals surface area contributed by atoms with Crippen LogP contribution in [0.25, 0.3) is 0 Å². The van der Waals surface area contributed by atoms with Gasteiger partial charge in [0.2, 0.25) is 0 Å². The first-order chi connectivity index (χ1) is 12.3. The molecule has 0 bridgehead atoms. The van der Waals surface area contributed by atoms with Crippen LogP contribution in [-0.2, 0) is 23.9 Å². The van der Waals surface area contributed by atoms with Crippen molar-refractivity contribution < 1.29 is 29.0 Å². The normalized spacial score (nSPS) is 34.5. The zero-order valence-corrected chi connectivity index (χ0v) is 15.4. The predicted molar refractivity (Wildman–Crippen MR) is 95.0 cm³/mol. The molecule has 2 rings (SSSR count). The van der Waals surface area contributed by atoms with Crippen LogP contribution < -0.4 is 0 Å². The highest BCUT2D eigenvalue weighted by Gasteiger charge is 2.45.